The Kier molecular flexibility index (Phi) is 7.62. The molecule has 37 heavy (non-hydrogen) atoms. The Morgan fingerprint density at radius 3 is 2.81 bits per heavy atom. The van der Waals surface area contributed by atoms with Crippen LogP contribution in [0.3, 0.4) is 0 Å². The largest absolute Gasteiger partial charge is 0.494 e. The molecule has 3 N–H and O–H groups in total. The molecule has 198 valence electrons. The van der Waals surface area contributed by atoms with Crippen LogP contribution in [0.25, 0.3) is 10.9 Å². The maximum absolute atomic E-state index is 12.8. The van der Waals surface area contributed by atoms with E-state index in [-0.39, 0.29) is 17.9 Å². The molecule has 4 heterocycles. The summed E-state index contributed by atoms with van der Waals surface area (Å²) >= 11 is 0. The van der Waals surface area contributed by atoms with Crippen LogP contribution in [0.5, 0.6) is 5.88 Å². The summed E-state index contributed by atoms with van der Waals surface area (Å²) in [5.74, 6) is -0.0928. The van der Waals surface area contributed by atoms with Gasteiger partial charge in [0.05, 0.1) is 35.8 Å². The van der Waals surface area contributed by atoms with E-state index in [1.165, 1.54) is 0 Å². The van der Waals surface area contributed by atoms with Gasteiger partial charge in [-0.1, -0.05) is 6.92 Å². The predicted molar refractivity (Wildman–Crippen MR) is 145 cm³/mol. The lowest BCUT2D eigenvalue weighted by Gasteiger charge is -2.34. The fourth-order valence-electron chi connectivity index (χ4n) is 5.44. The molecule has 0 saturated carbocycles. The molecule has 5 rings (SSSR count). The molecule has 1 unspecified atom stereocenters. The molecule has 0 spiro atoms. The average molecular weight is 507 g/mol. The minimum atomic E-state index is -0.149. The molecule has 1 atom stereocenters. The van der Waals surface area contributed by atoms with Crippen molar-refractivity contribution in [2.24, 2.45) is 4.99 Å². The molecule has 0 bridgehead atoms. The summed E-state index contributed by atoms with van der Waals surface area (Å²) in [4.78, 5) is 23.2. The van der Waals surface area contributed by atoms with E-state index in [0.29, 0.717) is 36.2 Å². The Labute approximate surface area is 217 Å². The van der Waals surface area contributed by atoms with Gasteiger partial charge in [0.2, 0.25) is 0 Å². The van der Waals surface area contributed by atoms with E-state index in [1.807, 2.05) is 29.9 Å². The number of aromatic hydroxyl groups is 1. The second kappa shape index (κ2) is 11.1. The van der Waals surface area contributed by atoms with E-state index in [4.69, 9.17) is 9.73 Å². The van der Waals surface area contributed by atoms with Crippen molar-refractivity contribution >= 4 is 28.2 Å². The summed E-state index contributed by atoms with van der Waals surface area (Å²) in [5, 5.41) is 19.2. The highest BCUT2D eigenvalue weighted by molar-refractivity contribution is 6.14. The van der Waals surface area contributed by atoms with E-state index in [0.717, 1.165) is 67.7 Å². The fourth-order valence-corrected chi connectivity index (χ4v) is 5.44. The zero-order valence-electron chi connectivity index (χ0n) is 22.0. The van der Waals surface area contributed by atoms with Crippen LogP contribution >= 0.6 is 0 Å². The van der Waals surface area contributed by atoms with Crippen LogP contribution < -0.4 is 5.32 Å². The third-order valence-corrected chi connectivity index (χ3v) is 7.63. The second-order valence-electron chi connectivity index (χ2n) is 10.4. The van der Waals surface area contributed by atoms with Gasteiger partial charge < -0.3 is 25.0 Å². The van der Waals surface area contributed by atoms with E-state index in [1.54, 1.807) is 12.3 Å². The van der Waals surface area contributed by atoms with Crippen LogP contribution in [-0.2, 0) is 4.74 Å². The van der Waals surface area contributed by atoms with Crippen molar-refractivity contribution in [3.8, 4) is 5.88 Å². The molecule has 1 amide bonds. The monoisotopic (exact) mass is 506 g/mol. The summed E-state index contributed by atoms with van der Waals surface area (Å²) in [6.45, 7) is 9.92. The molecule has 2 saturated heterocycles. The number of fused-ring (bicyclic) bond motifs is 1. The standard InChI is InChI=1S/C28H38N6O3/c1-4-24(31-20-15-30-34(17-20)21-9-11-33(12-10-21)18(2)3)26-23-14-19(7-8-25(23)32-28(26)36)27(35)29-16-22-6-5-13-37-22/h7-8,14-15,17-18,21-22,32,36H,4-6,9-13,16H2,1-3H3,(H,29,35). The van der Waals surface area contributed by atoms with E-state index < -0.39 is 0 Å². The molecular weight excluding hydrogens is 468 g/mol. The van der Waals surface area contributed by atoms with Gasteiger partial charge in [0.25, 0.3) is 5.91 Å². The molecule has 2 aromatic heterocycles. The Hall–Kier alpha value is -3.17. The first-order chi connectivity index (χ1) is 17.9. The van der Waals surface area contributed by atoms with Crippen molar-refractivity contribution in [3.05, 3.63) is 41.7 Å². The number of carbonyl (C=O) groups is 1. The molecule has 0 radical (unpaired) electrons. The van der Waals surface area contributed by atoms with Crippen molar-refractivity contribution in [2.75, 3.05) is 26.2 Å². The van der Waals surface area contributed by atoms with E-state index in [2.05, 4.69) is 34.1 Å². The van der Waals surface area contributed by atoms with Gasteiger partial charge in [-0.2, -0.15) is 5.10 Å². The maximum atomic E-state index is 12.8. The normalized spacial score (nSPS) is 19.8. The number of aromatic amines is 1. The van der Waals surface area contributed by atoms with Crippen LogP contribution in [-0.4, -0.2) is 74.8 Å². The Balaban J connectivity index is 1.36. The number of hydrogen-bond donors (Lipinski definition) is 3. The zero-order valence-corrected chi connectivity index (χ0v) is 22.0. The molecule has 2 aliphatic rings. The highest BCUT2D eigenvalue weighted by atomic mass is 16.5. The Morgan fingerprint density at radius 2 is 2.11 bits per heavy atom. The van der Waals surface area contributed by atoms with Gasteiger partial charge in [-0.3, -0.25) is 9.48 Å². The molecular formula is C28H38N6O3. The van der Waals surface area contributed by atoms with E-state index in [9.17, 15) is 9.90 Å². The summed E-state index contributed by atoms with van der Waals surface area (Å²) in [6, 6.07) is 6.37. The smallest absolute Gasteiger partial charge is 0.251 e. The molecule has 0 aliphatic carbocycles. The number of benzene rings is 1. The van der Waals surface area contributed by atoms with Gasteiger partial charge in [-0.15, -0.1) is 0 Å². The highest BCUT2D eigenvalue weighted by Crippen LogP contribution is 2.31. The number of likely N-dealkylation sites (tertiary alicyclic amines) is 1. The number of carbonyl (C=O) groups excluding carboxylic acids is 1. The molecule has 3 aromatic rings. The first-order valence-electron chi connectivity index (χ1n) is 13.5. The number of ether oxygens (including phenoxy) is 1. The van der Waals surface area contributed by atoms with Crippen molar-refractivity contribution in [2.45, 2.75) is 71.1 Å². The minimum Gasteiger partial charge on any atom is -0.494 e. The van der Waals surface area contributed by atoms with Crippen LogP contribution in [0.2, 0.25) is 0 Å². The molecule has 1 aromatic carbocycles. The second-order valence-corrected chi connectivity index (χ2v) is 10.4. The van der Waals surface area contributed by atoms with Crippen molar-refractivity contribution in [1.29, 1.82) is 0 Å². The fraction of sp³-hybridized carbons (Fsp3) is 0.536. The van der Waals surface area contributed by atoms with Crippen molar-refractivity contribution in [1.82, 2.24) is 25.0 Å². The predicted octanol–water partition coefficient (Wildman–Crippen LogP) is 4.55. The molecule has 9 heteroatoms. The first kappa shape index (κ1) is 25.5. The number of aromatic nitrogens is 3. The van der Waals surface area contributed by atoms with E-state index >= 15 is 0 Å². The quantitative estimate of drug-likeness (QED) is 0.389. The Morgan fingerprint density at radius 1 is 1.30 bits per heavy atom. The molecule has 2 fully saturated rings. The minimum absolute atomic E-state index is 0.0564. The summed E-state index contributed by atoms with van der Waals surface area (Å²) in [5.41, 5.74) is 3.44. The van der Waals surface area contributed by atoms with Gasteiger partial charge in [-0.05, 0) is 64.2 Å². The van der Waals surface area contributed by atoms with Gasteiger partial charge in [0.15, 0.2) is 5.88 Å². The average Bonchev–Trinajstić information content (AvgIpc) is 3.66. The van der Waals surface area contributed by atoms with Gasteiger partial charge in [0.1, 0.15) is 5.69 Å². The lowest BCUT2D eigenvalue weighted by Crippen LogP contribution is -2.39. The van der Waals surface area contributed by atoms with Crippen molar-refractivity contribution < 1.29 is 14.6 Å². The third-order valence-electron chi connectivity index (χ3n) is 7.63. The van der Waals surface area contributed by atoms with Crippen molar-refractivity contribution in [3.63, 3.8) is 0 Å². The highest BCUT2D eigenvalue weighted by Gasteiger charge is 2.23. The van der Waals surface area contributed by atoms with Crippen LogP contribution in [0, 0.1) is 0 Å². The maximum Gasteiger partial charge on any atom is 0.251 e. The summed E-state index contributed by atoms with van der Waals surface area (Å²) < 4.78 is 7.65. The number of rotatable bonds is 8. The van der Waals surface area contributed by atoms with Crippen LogP contribution in [0.15, 0.2) is 35.6 Å². The molecule has 2 aliphatic heterocycles. The molecule has 9 nitrogen and oxygen atoms in total. The van der Waals surface area contributed by atoms with Crippen LogP contribution in [0.1, 0.15) is 74.8 Å². The topological polar surface area (TPSA) is 108 Å². The van der Waals surface area contributed by atoms with Crippen LogP contribution in [0.4, 0.5) is 5.69 Å². The zero-order chi connectivity index (χ0) is 25.9. The van der Waals surface area contributed by atoms with Gasteiger partial charge in [0, 0.05) is 48.7 Å². The van der Waals surface area contributed by atoms with Gasteiger partial charge in [-0.25, -0.2) is 4.99 Å². The third kappa shape index (κ3) is 5.57. The lowest BCUT2D eigenvalue weighted by molar-refractivity contribution is 0.0858. The number of nitrogens with one attached hydrogen (secondary N) is 2. The number of hydrogen-bond acceptors (Lipinski definition) is 6. The Bertz CT molecular complexity index is 1260. The lowest BCUT2D eigenvalue weighted by atomic mass is 10.0. The first-order valence-corrected chi connectivity index (χ1v) is 13.5. The van der Waals surface area contributed by atoms with Gasteiger partial charge >= 0.3 is 0 Å². The SMILES string of the molecule is CCC(=Nc1cnn(C2CCN(C(C)C)CC2)c1)c1c(O)[nH]c2ccc(C(=O)NCC3CCCO3)cc12. The number of H-pyrrole nitrogens is 1. The number of amides is 1. The summed E-state index contributed by atoms with van der Waals surface area (Å²) in [7, 11) is 0. The summed E-state index contributed by atoms with van der Waals surface area (Å²) in [6.07, 6.45) is 8.65. The number of nitrogens with zero attached hydrogens (tertiary/aromatic N) is 4. The number of aliphatic imine (C=N–C) groups is 1. The number of piperidine rings is 1.